The highest BCUT2D eigenvalue weighted by Crippen LogP contribution is 2.18. The maximum atomic E-state index is 4.31. The fourth-order valence-electron chi connectivity index (χ4n) is 1.39. The van der Waals surface area contributed by atoms with E-state index < -0.39 is 0 Å². The first kappa shape index (κ1) is 8.17. The highest BCUT2D eigenvalue weighted by Gasteiger charge is 2.10. The van der Waals surface area contributed by atoms with Gasteiger partial charge < -0.3 is 0 Å². The second-order valence-electron chi connectivity index (χ2n) is 3.85. The predicted molar refractivity (Wildman–Crippen MR) is 52.4 cm³/mol. The van der Waals surface area contributed by atoms with E-state index >= 15 is 0 Å². The average Bonchev–Trinajstić information content (AvgIpc) is 2.21. The molecule has 2 nitrogen and oxygen atoms in total. The van der Waals surface area contributed by atoms with Gasteiger partial charge in [-0.3, -0.25) is 9.98 Å². The highest BCUT2D eigenvalue weighted by molar-refractivity contribution is 5.35. The molecular formula is C11H12N2. The molecule has 0 aromatic carbocycles. The lowest BCUT2D eigenvalue weighted by Gasteiger charge is -2.12. The minimum Gasteiger partial charge on any atom is -0.262 e. The molecule has 0 fully saturated rings. The Hall–Kier alpha value is -1.44. The molecule has 13 heavy (non-hydrogen) atoms. The Morgan fingerprint density at radius 1 is 1.31 bits per heavy atom. The fourth-order valence-corrected chi connectivity index (χ4v) is 1.39. The van der Waals surface area contributed by atoms with Gasteiger partial charge in [-0.25, -0.2) is 0 Å². The molecular weight excluding hydrogens is 160 g/mol. The summed E-state index contributed by atoms with van der Waals surface area (Å²) >= 11 is 0. The first-order valence-corrected chi connectivity index (χ1v) is 4.36. The third kappa shape index (κ3) is 1.66. The quantitative estimate of drug-likeness (QED) is 0.574. The van der Waals surface area contributed by atoms with Crippen molar-refractivity contribution < 1.29 is 0 Å². The Labute approximate surface area is 77.4 Å². The lowest BCUT2D eigenvalue weighted by Crippen LogP contribution is -2.26. The van der Waals surface area contributed by atoms with Gasteiger partial charge in [-0.05, 0) is 6.07 Å². The summed E-state index contributed by atoms with van der Waals surface area (Å²) in [6, 6.07) is 1.99. The molecule has 0 atom stereocenters. The van der Waals surface area contributed by atoms with E-state index in [4.69, 9.17) is 0 Å². The van der Waals surface area contributed by atoms with Gasteiger partial charge in [0.1, 0.15) is 0 Å². The average molecular weight is 172 g/mol. The van der Waals surface area contributed by atoms with Gasteiger partial charge in [0, 0.05) is 23.0 Å². The number of hydrogen-bond acceptors (Lipinski definition) is 2. The molecule has 2 heterocycles. The molecule has 0 radical (unpaired) electrons. The van der Waals surface area contributed by atoms with E-state index in [0.717, 1.165) is 10.6 Å². The number of fused-ring (bicyclic) bond motifs is 1. The van der Waals surface area contributed by atoms with Crippen LogP contribution in [-0.4, -0.2) is 4.98 Å². The van der Waals surface area contributed by atoms with Gasteiger partial charge in [-0.1, -0.05) is 26.0 Å². The Bertz CT molecular complexity index is 455. The van der Waals surface area contributed by atoms with Crippen LogP contribution >= 0.6 is 0 Å². The zero-order valence-corrected chi connectivity index (χ0v) is 7.86. The summed E-state index contributed by atoms with van der Waals surface area (Å²) in [6.45, 7) is 4.32. The maximum absolute atomic E-state index is 4.31. The molecule has 0 saturated heterocycles. The number of allylic oxidation sites excluding steroid dienone is 1. The van der Waals surface area contributed by atoms with E-state index in [0.29, 0.717) is 0 Å². The number of hydrogen-bond donors (Lipinski definition) is 0. The van der Waals surface area contributed by atoms with Crippen LogP contribution in [0.4, 0.5) is 0 Å². The van der Waals surface area contributed by atoms with Gasteiger partial charge in [0.05, 0.1) is 11.6 Å². The third-order valence-electron chi connectivity index (χ3n) is 2.08. The van der Waals surface area contributed by atoms with Gasteiger partial charge in [0.25, 0.3) is 0 Å². The zero-order chi connectivity index (χ0) is 9.31. The van der Waals surface area contributed by atoms with E-state index in [2.05, 4.69) is 36.0 Å². The van der Waals surface area contributed by atoms with Crippen molar-refractivity contribution in [2.24, 2.45) is 10.4 Å². The fraction of sp³-hybridized carbons (Fsp3) is 0.273. The summed E-state index contributed by atoms with van der Waals surface area (Å²) in [5.74, 6) is 0. The molecule has 1 aromatic heterocycles. The van der Waals surface area contributed by atoms with Crippen molar-refractivity contribution in [3.63, 3.8) is 0 Å². The molecule has 1 aliphatic rings. The van der Waals surface area contributed by atoms with Gasteiger partial charge in [-0.2, -0.15) is 0 Å². The van der Waals surface area contributed by atoms with Crippen LogP contribution in [0.25, 0.3) is 6.08 Å². The number of pyridine rings is 1. The molecule has 0 spiro atoms. The van der Waals surface area contributed by atoms with Crippen molar-refractivity contribution in [2.45, 2.75) is 13.8 Å². The van der Waals surface area contributed by atoms with Crippen LogP contribution in [-0.2, 0) is 0 Å². The molecule has 66 valence electrons. The molecule has 1 aromatic rings. The Kier molecular flexibility index (Phi) is 1.76. The summed E-state index contributed by atoms with van der Waals surface area (Å²) < 4.78 is 0. The largest absolute Gasteiger partial charge is 0.262 e. The Morgan fingerprint density at radius 3 is 3.00 bits per heavy atom. The van der Waals surface area contributed by atoms with Crippen LogP contribution in [0.2, 0.25) is 0 Å². The summed E-state index contributed by atoms with van der Waals surface area (Å²) in [5, 5.41) is 2.11. The SMILES string of the molecule is CC1(C)C=CN=c2cnccc2=C1. The standard InChI is InChI=1S/C11H12N2/c1-11(2)4-6-13-10-8-12-5-3-9(10)7-11/h3-8H,1-2H3. The van der Waals surface area contributed by atoms with E-state index in [9.17, 15) is 0 Å². The summed E-state index contributed by atoms with van der Waals surface area (Å²) in [5.41, 5.74) is 0.0795. The smallest absolute Gasteiger partial charge is 0.0882 e. The van der Waals surface area contributed by atoms with Crippen LogP contribution < -0.4 is 10.6 Å². The van der Waals surface area contributed by atoms with E-state index in [1.165, 1.54) is 0 Å². The van der Waals surface area contributed by atoms with Gasteiger partial charge >= 0.3 is 0 Å². The van der Waals surface area contributed by atoms with E-state index in [1.54, 1.807) is 12.4 Å². The van der Waals surface area contributed by atoms with Crippen LogP contribution in [0, 0.1) is 5.41 Å². The molecule has 2 rings (SSSR count). The summed E-state index contributed by atoms with van der Waals surface area (Å²) in [6.07, 6.45) is 9.73. The van der Waals surface area contributed by atoms with E-state index in [-0.39, 0.29) is 5.41 Å². The number of nitrogens with zero attached hydrogens (tertiary/aromatic N) is 2. The van der Waals surface area contributed by atoms with Crippen molar-refractivity contribution in [3.05, 3.63) is 41.3 Å². The maximum Gasteiger partial charge on any atom is 0.0882 e. The third-order valence-corrected chi connectivity index (χ3v) is 2.08. The van der Waals surface area contributed by atoms with Crippen LogP contribution in [0.3, 0.4) is 0 Å². The molecule has 0 amide bonds. The molecule has 2 heteroatoms. The molecule has 0 saturated carbocycles. The van der Waals surface area contributed by atoms with Crippen molar-refractivity contribution in [3.8, 4) is 0 Å². The van der Waals surface area contributed by atoms with Crippen molar-refractivity contribution in [2.75, 3.05) is 0 Å². The van der Waals surface area contributed by atoms with E-state index in [1.807, 2.05) is 12.3 Å². The Balaban J connectivity index is 2.77. The van der Waals surface area contributed by atoms with Gasteiger partial charge in [-0.15, -0.1) is 0 Å². The second kappa shape index (κ2) is 2.80. The normalized spacial score (nSPS) is 18.0. The van der Waals surface area contributed by atoms with Crippen LogP contribution in [0.5, 0.6) is 0 Å². The van der Waals surface area contributed by atoms with Crippen molar-refractivity contribution in [1.29, 1.82) is 0 Å². The first-order valence-electron chi connectivity index (χ1n) is 4.36. The second-order valence-corrected chi connectivity index (χ2v) is 3.85. The zero-order valence-electron chi connectivity index (χ0n) is 7.86. The van der Waals surface area contributed by atoms with Crippen LogP contribution in [0.15, 0.2) is 35.7 Å². The van der Waals surface area contributed by atoms with Gasteiger partial charge in [0.2, 0.25) is 0 Å². The minimum absolute atomic E-state index is 0.0795. The molecule has 1 aliphatic heterocycles. The number of aromatic nitrogens is 1. The van der Waals surface area contributed by atoms with Crippen molar-refractivity contribution >= 4 is 6.08 Å². The first-order chi connectivity index (χ1) is 6.17. The predicted octanol–water partition coefficient (Wildman–Crippen LogP) is 1.04. The molecule has 0 aliphatic carbocycles. The van der Waals surface area contributed by atoms with Crippen LogP contribution in [0.1, 0.15) is 13.8 Å². The van der Waals surface area contributed by atoms with Gasteiger partial charge in [0.15, 0.2) is 0 Å². The topological polar surface area (TPSA) is 25.2 Å². The summed E-state index contributed by atoms with van der Waals surface area (Å²) in [4.78, 5) is 8.35. The summed E-state index contributed by atoms with van der Waals surface area (Å²) in [7, 11) is 0. The van der Waals surface area contributed by atoms with Crippen molar-refractivity contribution in [1.82, 2.24) is 4.98 Å². The highest BCUT2D eigenvalue weighted by atomic mass is 14.7. The number of rotatable bonds is 0. The monoisotopic (exact) mass is 172 g/mol. The lowest BCUT2D eigenvalue weighted by atomic mass is 9.92. The lowest BCUT2D eigenvalue weighted by molar-refractivity contribution is 0.669. The minimum atomic E-state index is 0.0795. The molecule has 0 bridgehead atoms. The Morgan fingerprint density at radius 2 is 2.15 bits per heavy atom. The molecule has 0 N–H and O–H groups in total. The molecule has 0 unspecified atom stereocenters.